The molecule has 1 aromatic carbocycles. The number of hydrogen-bond acceptors (Lipinski definition) is 3. The lowest BCUT2D eigenvalue weighted by Crippen LogP contribution is -2.50. The van der Waals surface area contributed by atoms with E-state index in [0.717, 1.165) is 25.3 Å². The van der Waals surface area contributed by atoms with Crippen LogP contribution in [0.1, 0.15) is 53.5 Å². The van der Waals surface area contributed by atoms with E-state index in [2.05, 4.69) is 64.6 Å². The molecule has 0 bridgehead atoms. The molecule has 0 saturated heterocycles. The zero-order chi connectivity index (χ0) is 15.8. The van der Waals surface area contributed by atoms with E-state index in [9.17, 15) is 0 Å². The quantitative estimate of drug-likeness (QED) is 0.922. The highest BCUT2D eigenvalue weighted by Gasteiger charge is 2.29. The third-order valence-corrected chi connectivity index (χ3v) is 3.94. The van der Waals surface area contributed by atoms with Gasteiger partial charge >= 0.3 is 0 Å². The Labute approximate surface area is 129 Å². The molecular formula is C18H30N2O. The van der Waals surface area contributed by atoms with Crippen molar-refractivity contribution in [3.63, 3.8) is 0 Å². The van der Waals surface area contributed by atoms with E-state index in [1.54, 1.807) is 0 Å². The molecule has 0 amide bonds. The van der Waals surface area contributed by atoms with Gasteiger partial charge < -0.3 is 15.4 Å². The second-order valence-electron chi connectivity index (χ2n) is 7.95. The van der Waals surface area contributed by atoms with Gasteiger partial charge in [-0.1, -0.05) is 33.8 Å². The summed E-state index contributed by atoms with van der Waals surface area (Å²) in [4.78, 5) is 2.39. The second kappa shape index (κ2) is 5.53. The van der Waals surface area contributed by atoms with E-state index in [0.29, 0.717) is 0 Å². The normalized spacial score (nSPS) is 19.2. The zero-order valence-corrected chi connectivity index (χ0v) is 14.4. The lowest BCUT2D eigenvalue weighted by atomic mass is 9.86. The number of rotatable bonds is 3. The van der Waals surface area contributed by atoms with Gasteiger partial charge in [0.15, 0.2) is 0 Å². The zero-order valence-electron chi connectivity index (χ0n) is 14.4. The SMILES string of the molecule is CCC1CN(CC(C)(C)N)c2cc(C(C)(C)C)ccc2O1. The average Bonchev–Trinajstić information content (AvgIpc) is 2.35. The largest absolute Gasteiger partial charge is 0.486 e. The molecule has 2 rings (SSSR count). The number of fused-ring (bicyclic) bond motifs is 1. The molecule has 118 valence electrons. The lowest BCUT2D eigenvalue weighted by molar-refractivity contribution is 0.187. The van der Waals surface area contributed by atoms with Crippen LogP contribution >= 0.6 is 0 Å². The minimum Gasteiger partial charge on any atom is -0.486 e. The lowest BCUT2D eigenvalue weighted by Gasteiger charge is -2.40. The second-order valence-corrected chi connectivity index (χ2v) is 7.95. The number of anilines is 1. The van der Waals surface area contributed by atoms with Gasteiger partial charge in [0.05, 0.1) is 12.2 Å². The average molecular weight is 290 g/mol. The first-order valence-electron chi connectivity index (χ1n) is 7.95. The standard InChI is InChI=1S/C18H30N2O/c1-7-14-11-20(12-18(5,6)19)15-10-13(17(2,3)4)8-9-16(15)21-14/h8-10,14H,7,11-12,19H2,1-6H3. The van der Waals surface area contributed by atoms with Gasteiger partial charge in [0.25, 0.3) is 0 Å². The Bertz CT molecular complexity index is 497. The van der Waals surface area contributed by atoms with Gasteiger partial charge in [-0.05, 0) is 43.4 Å². The van der Waals surface area contributed by atoms with Gasteiger partial charge in [0.2, 0.25) is 0 Å². The summed E-state index contributed by atoms with van der Waals surface area (Å²) in [6, 6.07) is 6.57. The molecular weight excluding hydrogens is 260 g/mol. The maximum atomic E-state index is 6.25. The van der Waals surface area contributed by atoms with Crippen LogP contribution in [0.4, 0.5) is 5.69 Å². The third kappa shape index (κ3) is 3.91. The van der Waals surface area contributed by atoms with Crippen LogP contribution < -0.4 is 15.4 Å². The Morgan fingerprint density at radius 3 is 2.43 bits per heavy atom. The van der Waals surface area contributed by atoms with Crippen molar-refractivity contribution in [3.05, 3.63) is 23.8 Å². The highest BCUT2D eigenvalue weighted by molar-refractivity contribution is 5.62. The van der Waals surface area contributed by atoms with Gasteiger partial charge in [0.1, 0.15) is 11.9 Å². The first kappa shape index (κ1) is 16.2. The minimum atomic E-state index is -0.218. The van der Waals surface area contributed by atoms with Gasteiger partial charge in [-0.15, -0.1) is 0 Å². The fraction of sp³-hybridized carbons (Fsp3) is 0.667. The predicted molar refractivity (Wildman–Crippen MR) is 90.3 cm³/mol. The van der Waals surface area contributed by atoms with Crippen LogP contribution in [-0.2, 0) is 5.41 Å². The smallest absolute Gasteiger partial charge is 0.143 e. The molecule has 1 aliphatic heterocycles. The van der Waals surface area contributed by atoms with Gasteiger partial charge in [-0.3, -0.25) is 0 Å². The Hall–Kier alpha value is -1.22. The Morgan fingerprint density at radius 2 is 1.90 bits per heavy atom. The Balaban J connectivity index is 2.40. The van der Waals surface area contributed by atoms with E-state index in [1.807, 2.05) is 0 Å². The van der Waals surface area contributed by atoms with Crippen LogP contribution in [0.15, 0.2) is 18.2 Å². The van der Waals surface area contributed by atoms with Crippen molar-refractivity contribution in [2.45, 2.75) is 65.0 Å². The van der Waals surface area contributed by atoms with Crippen LogP contribution in [0.5, 0.6) is 5.75 Å². The number of nitrogens with zero attached hydrogens (tertiary/aromatic N) is 1. The molecule has 2 N–H and O–H groups in total. The summed E-state index contributed by atoms with van der Waals surface area (Å²) in [6.45, 7) is 14.8. The summed E-state index contributed by atoms with van der Waals surface area (Å²) in [5.41, 5.74) is 8.69. The van der Waals surface area contributed by atoms with Crippen LogP contribution in [0.25, 0.3) is 0 Å². The molecule has 1 heterocycles. The van der Waals surface area contributed by atoms with Crippen molar-refractivity contribution in [2.75, 3.05) is 18.0 Å². The first-order chi connectivity index (χ1) is 9.60. The van der Waals surface area contributed by atoms with Crippen LogP contribution in [-0.4, -0.2) is 24.7 Å². The summed E-state index contributed by atoms with van der Waals surface area (Å²) in [7, 11) is 0. The van der Waals surface area contributed by atoms with Gasteiger partial charge in [0, 0.05) is 12.1 Å². The molecule has 1 aliphatic rings. The van der Waals surface area contributed by atoms with E-state index in [4.69, 9.17) is 10.5 Å². The molecule has 0 aliphatic carbocycles. The van der Waals surface area contributed by atoms with Crippen LogP contribution in [0.2, 0.25) is 0 Å². The van der Waals surface area contributed by atoms with Gasteiger partial charge in [-0.2, -0.15) is 0 Å². The van der Waals surface area contributed by atoms with Crippen LogP contribution in [0, 0.1) is 0 Å². The van der Waals surface area contributed by atoms with E-state index in [-0.39, 0.29) is 17.1 Å². The number of ether oxygens (including phenoxy) is 1. The molecule has 0 aromatic heterocycles. The highest BCUT2D eigenvalue weighted by atomic mass is 16.5. The third-order valence-electron chi connectivity index (χ3n) is 3.94. The van der Waals surface area contributed by atoms with Crippen molar-refractivity contribution in [1.29, 1.82) is 0 Å². The van der Waals surface area contributed by atoms with E-state index < -0.39 is 0 Å². The van der Waals surface area contributed by atoms with Crippen molar-refractivity contribution >= 4 is 5.69 Å². The molecule has 21 heavy (non-hydrogen) atoms. The minimum absolute atomic E-state index is 0.139. The number of hydrogen-bond donors (Lipinski definition) is 1. The molecule has 1 atom stereocenters. The maximum absolute atomic E-state index is 6.25. The summed E-state index contributed by atoms with van der Waals surface area (Å²) < 4.78 is 6.11. The van der Waals surface area contributed by atoms with Crippen molar-refractivity contribution < 1.29 is 4.74 Å². The molecule has 3 nitrogen and oxygen atoms in total. The number of benzene rings is 1. The molecule has 0 saturated carbocycles. The van der Waals surface area contributed by atoms with Crippen molar-refractivity contribution in [1.82, 2.24) is 0 Å². The number of nitrogens with two attached hydrogens (primary N) is 1. The molecule has 1 aromatic rings. The fourth-order valence-electron chi connectivity index (χ4n) is 2.75. The van der Waals surface area contributed by atoms with Gasteiger partial charge in [-0.25, -0.2) is 0 Å². The maximum Gasteiger partial charge on any atom is 0.143 e. The van der Waals surface area contributed by atoms with Crippen LogP contribution in [0.3, 0.4) is 0 Å². The van der Waals surface area contributed by atoms with Crippen molar-refractivity contribution in [2.24, 2.45) is 5.73 Å². The van der Waals surface area contributed by atoms with Crippen molar-refractivity contribution in [3.8, 4) is 5.75 Å². The monoisotopic (exact) mass is 290 g/mol. The summed E-state index contributed by atoms with van der Waals surface area (Å²) in [6.07, 6.45) is 1.27. The first-order valence-corrected chi connectivity index (χ1v) is 7.95. The molecule has 1 unspecified atom stereocenters. The molecule has 0 spiro atoms. The summed E-state index contributed by atoms with van der Waals surface area (Å²) in [5, 5.41) is 0. The van der Waals surface area contributed by atoms with E-state index in [1.165, 1.54) is 11.3 Å². The molecule has 3 heteroatoms. The highest BCUT2D eigenvalue weighted by Crippen LogP contribution is 2.38. The molecule has 0 radical (unpaired) electrons. The fourth-order valence-corrected chi connectivity index (χ4v) is 2.75. The topological polar surface area (TPSA) is 38.5 Å². The summed E-state index contributed by atoms with van der Waals surface area (Å²) in [5.74, 6) is 0.991. The predicted octanol–water partition coefficient (Wildman–Crippen LogP) is 3.70. The Morgan fingerprint density at radius 1 is 1.24 bits per heavy atom. The summed E-state index contributed by atoms with van der Waals surface area (Å²) >= 11 is 0. The molecule has 0 fully saturated rings. The van der Waals surface area contributed by atoms with E-state index >= 15 is 0 Å². The Kier molecular flexibility index (Phi) is 4.25.